The Hall–Kier alpha value is -2.46. The van der Waals surface area contributed by atoms with E-state index < -0.39 is 30.8 Å². The lowest BCUT2D eigenvalue weighted by Gasteiger charge is -2.34. The topological polar surface area (TPSA) is 102 Å². The van der Waals surface area contributed by atoms with Gasteiger partial charge in [0.2, 0.25) is 0 Å². The Morgan fingerprint density at radius 3 is 2.21 bits per heavy atom. The Labute approximate surface area is 196 Å². The summed E-state index contributed by atoms with van der Waals surface area (Å²) in [5, 5.41) is 2.63. The van der Waals surface area contributed by atoms with Crippen LogP contribution in [0.5, 0.6) is 11.5 Å². The molecule has 1 N–H and O–H groups in total. The minimum Gasteiger partial charge on any atom is -0.493 e. The molecular weight excluding hydrogens is 429 g/mol. The molecule has 9 nitrogen and oxygen atoms in total. The summed E-state index contributed by atoms with van der Waals surface area (Å²) in [4.78, 5) is 25.1. The number of nitrogens with one attached hydrogen (secondary N) is 1. The van der Waals surface area contributed by atoms with Gasteiger partial charge >= 0.3 is 19.2 Å². The van der Waals surface area contributed by atoms with Crippen molar-refractivity contribution in [2.24, 2.45) is 5.41 Å². The molecule has 1 atom stereocenters. The maximum Gasteiger partial charge on any atom is 0.494 e. The second-order valence-electron chi connectivity index (χ2n) is 9.68. The quantitative estimate of drug-likeness (QED) is 0.462. The molecule has 1 saturated heterocycles. The van der Waals surface area contributed by atoms with Gasteiger partial charge in [0.1, 0.15) is 11.6 Å². The SMILES string of the molecule is CCOC(=O)[C@H](Cc1cc(OC)c(OC)cc1B1OCC(C)(C)CO1)NC(=O)OC(C)(C)C. The molecule has 0 bridgehead atoms. The van der Waals surface area contributed by atoms with Crippen molar-refractivity contribution >= 4 is 24.6 Å². The number of amides is 1. The van der Waals surface area contributed by atoms with Gasteiger partial charge in [-0.15, -0.1) is 0 Å². The normalized spacial score (nSPS) is 16.5. The lowest BCUT2D eigenvalue weighted by molar-refractivity contribution is -0.145. The predicted molar refractivity (Wildman–Crippen MR) is 124 cm³/mol. The summed E-state index contributed by atoms with van der Waals surface area (Å²) in [7, 11) is 2.41. The highest BCUT2D eigenvalue weighted by Gasteiger charge is 2.37. The number of rotatable bonds is 8. The lowest BCUT2D eigenvalue weighted by atomic mass is 9.72. The Kier molecular flexibility index (Phi) is 9.02. The van der Waals surface area contributed by atoms with Crippen LogP contribution in [0.2, 0.25) is 0 Å². The highest BCUT2D eigenvalue weighted by atomic mass is 16.6. The molecule has 1 amide bonds. The average molecular weight is 465 g/mol. The van der Waals surface area contributed by atoms with Crippen molar-refractivity contribution in [1.82, 2.24) is 5.32 Å². The summed E-state index contributed by atoms with van der Waals surface area (Å²) in [6, 6.07) is 2.54. The predicted octanol–water partition coefficient (Wildman–Crippen LogP) is 2.47. The van der Waals surface area contributed by atoms with Crippen molar-refractivity contribution in [2.75, 3.05) is 34.0 Å². The number of esters is 1. The van der Waals surface area contributed by atoms with Crippen molar-refractivity contribution in [2.45, 2.75) is 59.6 Å². The average Bonchev–Trinajstić information content (AvgIpc) is 2.72. The second-order valence-corrected chi connectivity index (χ2v) is 9.68. The molecule has 0 unspecified atom stereocenters. The van der Waals surface area contributed by atoms with Crippen LogP contribution in [0.25, 0.3) is 0 Å². The van der Waals surface area contributed by atoms with Gasteiger partial charge < -0.3 is 33.6 Å². The van der Waals surface area contributed by atoms with E-state index in [-0.39, 0.29) is 18.4 Å². The summed E-state index contributed by atoms with van der Waals surface area (Å²) in [5.41, 5.74) is 0.544. The third-order valence-electron chi connectivity index (χ3n) is 4.84. The number of benzene rings is 1. The van der Waals surface area contributed by atoms with Gasteiger partial charge in [-0.05, 0) is 50.9 Å². The van der Waals surface area contributed by atoms with Crippen LogP contribution in [-0.4, -0.2) is 64.9 Å². The van der Waals surface area contributed by atoms with Crippen molar-refractivity contribution < 1.29 is 37.8 Å². The Balaban J connectivity index is 2.40. The zero-order valence-electron chi connectivity index (χ0n) is 20.9. The summed E-state index contributed by atoms with van der Waals surface area (Å²) in [6.45, 7) is 12.2. The van der Waals surface area contributed by atoms with Crippen LogP contribution < -0.4 is 20.3 Å². The molecule has 1 aromatic carbocycles. The van der Waals surface area contributed by atoms with E-state index in [4.69, 9.17) is 28.3 Å². The number of carbonyl (C=O) groups is 2. The van der Waals surface area contributed by atoms with Crippen molar-refractivity contribution in [3.05, 3.63) is 17.7 Å². The highest BCUT2D eigenvalue weighted by molar-refractivity contribution is 6.62. The molecule has 184 valence electrons. The van der Waals surface area contributed by atoms with Crippen LogP contribution in [0, 0.1) is 5.41 Å². The smallest absolute Gasteiger partial charge is 0.493 e. The number of methoxy groups -OCH3 is 2. The molecule has 0 saturated carbocycles. The standard InChI is InChI=1S/C23H36BNO8/c1-9-30-20(26)17(25-21(27)33-22(2,3)4)10-15-11-18(28-7)19(29-8)12-16(15)24-31-13-23(5,6)14-32-24/h11-12,17H,9-10,13-14H2,1-8H3,(H,25,27)/t17-/m0/s1. The molecule has 0 aromatic heterocycles. The molecule has 1 heterocycles. The van der Waals surface area contributed by atoms with Gasteiger partial charge in [-0.3, -0.25) is 0 Å². The third kappa shape index (κ3) is 7.82. The maximum atomic E-state index is 12.7. The molecule has 1 aliphatic heterocycles. The molecule has 33 heavy (non-hydrogen) atoms. The lowest BCUT2D eigenvalue weighted by Crippen LogP contribution is -2.50. The molecule has 0 aliphatic carbocycles. The van der Waals surface area contributed by atoms with E-state index in [2.05, 4.69) is 19.2 Å². The van der Waals surface area contributed by atoms with Gasteiger partial charge in [-0.2, -0.15) is 0 Å². The molecule has 0 spiro atoms. The largest absolute Gasteiger partial charge is 0.494 e. The fourth-order valence-electron chi connectivity index (χ4n) is 3.31. The molecule has 10 heteroatoms. The van der Waals surface area contributed by atoms with Crippen molar-refractivity contribution in [3.8, 4) is 11.5 Å². The summed E-state index contributed by atoms with van der Waals surface area (Å²) < 4.78 is 33.4. The van der Waals surface area contributed by atoms with Gasteiger partial charge in [-0.1, -0.05) is 13.8 Å². The minimum atomic E-state index is -0.989. The van der Waals surface area contributed by atoms with E-state index >= 15 is 0 Å². The van der Waals surface area contributed by atoms with E-state index in [1.165, 1.54) is 7.11 Å². The maximum absolute atomic E-state index is 12.7. The minimum absolute atomic E-state index is 0.111. The van der Waals surface area contributed by atoms with E-state index in [0.717, 1.165) is 0 Å². The van der Waals surface area contributed by atoms with E-state index in [9.17, 15) is 9.59 Å². The molecular formula is C23H36BNO8. The van der Waals surface area contributed by atoms with Crippen molar-refractivity contribution in [3.63, 3.8) is 0 Å². The van der Waals surface area contributed by atoms with Gasteiger partial charge in [0.05, 0.1) is 20.8 Å². The number of ether oxygens (including phenoxy) is 4. The Morgan fingerprint density at radius 2 is 1.70 bits per heavy atom. The number of carbonyl (C=O) groups excluding carboxylic acids is 2. The third-order valence-corrected chi connectivity index (χ3v) is 4.84. The number of hydrogen-bond acceptors (Lipinski definition) is 8. The second kappa shape index (κ2) is 11.1. The first kappa shape index (κ1) is 26.8. The van der Waals surface area contributed by atoms with E-state index in [0.29, 0.717) is 35.7 Å². The zero-order valence-corrected chi connectivity index (χ0v) is 20.9. The summed E-state index contributed by atoms with van der Waals surface area (Å²) >= 11 is 0. The fourth-order valence-corrected chi connectivity index (χ4v) is 3.31. The first-order chi connectivity index (χ1) is 15.4. The van der Waals surface area contributed by atoms with Gasteiger partial charge in [0.25, 0.3) is 0 Å². The van der Waals surface area contributed by atoms with Crippen LogP contribution in [0.4, 0.5) is 4.79 Å². The summed E-state index contributed by atoms with van der Waals surface area (Å²) in [6.07, 6.45) is -0.602. The molecule has 1 aliphatic rings. The van der Waals surface area contributed by atoms with Gasteiger partial charge in [0.15, 0.2) is 11.5 Å². The van der Waals surface area contributed by atoms with Gasteiger partial charge in [0, 0.05) is 25.0 Å². The molecule has 1 fully saturated rings. The monoisotopic (exact) mass is 465 g/mol. The molecule has 1 aromatic rings. The summed E-state index contributed by atoms with van der Waals surface area (Å²) in [5.74, 6) is 0.407. The van der Waals surface area contributed by atoms with Crippen molar-refractivity contribution in [1.29, 1.82) is 0 Å². The van der Waals surface area contributed by atoms with Crippen LogP contribution in [0.15, 0.2) is 12.1 Å². The Morgan fingerprint density at radius 1 is 1.12 bits per heavy atom. The van der Waals surface area contributed by atoms with E-state index in [1.54, 1.807) is 46.9 Å². The molecule has 2 rings (SSSR count). The first-order valence-corrected chi connectivity index (χ1v) is 11.0. The van der Waals surface area contributed by atoms with Crippen LogP contribution in [-0.2, 0) is 30.0 Å². The zero-order chi connectivity index (χ0) is 24.8. The molecule has 0 radical (unpaired) electrons. The van der Waals surface area contributed by atoms with Crippen LogP contribution in [0.3, 0.4) is 0 Å². The van der Waals surface area contributed by atoms with Gasteiger partial charge in [-0.25, -0.2) is 9.59 Å². The fraction of sp³-hybridized carbons (Fsp3) is 0.652. The Bertz CT molecular complexity index is 826. The highest BCUT2D eigenvalue weighted by Crippen LogP contribution is 2.29. The van der Waals surface area contributed by atoms with E-state index in [1.807, 2.05) is 0 Å². The number of hydrogen-bond donors (Lipinski definition) is 1. The first-order valence-electron chi connectivity index (χ1n) is 11.0. The van der Waals surface area contributed by atoms with Crippen LogP contribution >= 0.6 is 0 Å². The number of alkyl carbamates (subject to hydrolysis) is 1. The van der Waals surface area contributed by atoms with Crippen LogP contribution in [0.1, 0.15) is 47.1 Å².